The molecule has 0 aliphatic carbocycles. The molecule has 1 N–H and O–H groups in total. The van der Waals surface area contributed by atoms with E-state index in [4.69, 9.17) is 0 Å². The van der Waals surface area contributed by atoms with Crippen molar-refractivity contribution in [2.24, 2.45) is 0 Å². The number of nitrogens with zero attached hydrogens (tertiary/aromatic N) is 2. The molecule has 0 fully saturated rings. The Bertz CT molecular complexity index is 841. The fourth-order valence-corrected chi connectivity index (χ4v) is 2.66. The molecule has 0 radical (unpaired) electrons. The van der Waals surface area contributed by atoms with Gasteiger partial charge in [0.2, 0.25) is 0 Å². The molecule has 0 saturated heterocycles. The molecule has 23 heavy (non-hydrogen) atoms. The Hall–Kier alpha value is -2.69. The Morgan fingerprint density at radius 1 is 1.17 bits per heavy atom. The number of hydrogen-bond acceptors (Lipinski definition) is 2. The maximum Gasteiger partial charge on any atom is 0.254 e. The summed E-state index contributed by atoms with van der Waals surface area (Å²) in [7, 11) is 0. The van der Waals surface area contributed by atoms with Crippen molar-refractivity contribution in [3.8, 4) is 0 Å². The zero-order valence-corrected chi connectivity index (χ0v) is 12.9. The molecule has 118 valence electrons. The van der Waals surface area contributed by atoms with Crippen LogP contribution in [-0.2, 0) is 6.54 Å². The average Bonchev–Trinajstić information content (AvgIpc) is 2.87. The highest BCUT2D eigenvalue weighted by Crippen LogP contribution is 2.15. The first-order chi connectivity index (χ1) is 11.2. The molecular weight excluding hydrogens is 293 g/mol. The van der Waals surface area contributed by atoms with E-state index in [1.165, 1.54) is 12.1 Å². The van der Waals surface area contributed by atoms with E-state index in [2.05, 4.69) is 14.9 Å². The summed E-state index contributed by atoms with van der Waals surface area (Å²) in [6, 6.07) is 14.0. The fraction of sp³-hybridized carbons (Fsp3) is 0.222. The molecule has 5 heteroatoms. The molecule has 1 aromatic heterocycles. The second kappa shape index (κ2) is 6.60. The number of hydrogen-bond donors (Lipinski definition) is 1. The normalized spacial score (nSPS) is 10.9. The van der Waals surface area contributed by atoms with E-state index < -0.39 is 5.82 Å². The highest BCUT2D eigenvalue weighted by atomic mass is 19.1. The Kier molecular flexibility index (Phi) is 4.37. The average molecular weight is 311 g/mol. The van der Waals surface area contributed by atoms with Crippen molar-refractivity contribution in [2.45, 2.75) is 19.9 Å². The fourth-order valence-electron chi connectivity index (χ4n) is 2.66. The third-order valence-corrected chi connectivity index (χ3v) is 3.81. The van der Waals surface area contributed by atoms with Crippen LogP contribution < -0.4 is 5.32 Å². The number of amides is 1. The quantitative estimate of drug-likeness (QED) is 0.735. The van der Waals surface area contributed by atoms with Crippen LogP contribution in [0.25, 0.3) is 11.0 Å². The lowest BCUT2D eigenvalue weighted by Gasteiger charge is -2.08. The van der Waals surface area contributed by atoms with E-state index in [1.807, 2.05) is 31.2 Å². The molecule has 4 nitrogen and oxygen atoms in total. The predicted molar refractivity (Wildman–Crippen MR) is 87.8 cm³/mol. The maximum absolute atomic E-state index is 13.5. The van der Waals surface area contributed by atoms with Gasteiger partial charge in [-0.2, -0.15) is 0 Å². The van der Waals surface area contributed by atoms with Crippen LogP contribution in [0.5, 0.6) is 0 Å². The van der Waals surface area contributed by atoms with Gasteiger partial charge in [-0.05, 0) is 37.6 Å². The van der Waals surface area contributed by atoms with Gasteiger partial charge in [0, 0.05) is 13.1 Å². The predicted octanol–water partition coefficient (Wildman–Crippen LogP) is 3.30. The third-order valence-electron chi connectivity index (χ3n) is 3.81. The second-order valence-electron chi connectivity index (χ2n) is 5.39. The Labute approximate surface area is 134 Å². The van der Waals surface area contributed by atoms with E-state index in [1.54, 1.807) is 12.1 Å². The summed E-state index contributed by atoms with van der Waals surface area (Å²) < 4.78 is 15.7. The first kappa shape index (κ1) is 15.2. The van der Waals surface area contributed by atoms with Gasteiger partial charge in [-0.1, -0.05) is 24.3 Å². The van der Waals surface area contributed by atoms with Gasteiger partial charge in [0.15, 0.2) is 0 Å². The van der Waals surface area contributed by atoms with Gasteiger partial charge in [0.1, 0.15) is 11.6 Å². The lowest BCUT2D eigenvalue weighted by molar-refractivity contribution is 0.0949. The van der Waals surface area contributed by atoms with Crippen LogP contribution in [0.15, 0.2) is 48.5 Å². The van der Waals surface area contributed by atoms with Crippen LogP contribution in [0.3, 0.4) is 0 Å². The van der Waals surface area contributed by atoms with Crippen molar-refractivity contribution in [2.75, 3.05) is 6.54 Å². The molecule has 0 saturated carbocycles. The summed E-state index contributed by atoms with van der Waals surface area (Å²) in [6.45, 7) is 3.21. The largest absolute Gasteiger partial charge is 0.352 e. The molecule has 0 aliphatic heterocycles. The van der Waals surface area contributed by atoms with Gasteiger partial charge < -0.3 is 9.88 Å². The Morgan fingerprint density at radius 2 is 1.91 bits per heavy atom. The van der Waals surface area contributed by atoms with Crippen LogP contribution in [-0.4, -0.2) is 22.0 Å². The topological polar surface area (TPSA) is 46.9 Å². The van der Waals surface area contributed by atoms with Gasteiger partial charge >= 0.3 is 0 Å². The van der Waals surface area contributed by atoms with Gasteiger partial charge in [0.25, 0.3) is 5.91 Å². The zero-order valence-electron chi connectivity index (χ0n) is 12.9. The van der Waals surface area contributed by atoms with Gasteiger partial charge in [-0.3, -0.25) is 4.79 Å². The van der Waals surface area contributed by atoms with Crippen LogP contribution in [0.4, 0.5) is 4.39 Å². The molecule has 0 aliphatic rings. The number of halogens is 1. The summed E-state index contributed by atoms with van der Waals surface area (Å²) in [6.07, 6.45) is 0.751. The first-order valence-corrected chi connectivity index (χ1v) is 7.61. The SMILES string of the molecule is Cc1nc2ccccc2n1CCCNC(=O)c1ccccc1F. The molecule has 0 atom stereocenters. The van der Waals surface area contributed by atoms with Crippen molar-refractivity contribution in [1.29, 1.82) is 0 Å². The minimum absolute atomic E-state index is 0.0803. The monoisotopic (exact) mass is 311 g/mol. The van der Waals surface area contributed by atoms with Crippen LogP contribution in [0, 0.1) is 12.7 Å². The molecule has 1 heterocycles. The van der Waals surface area contributed by atoms with Crippen LogP contribution in [0.2, 0.25) is 0 Å². The number of aromatic nitrogens is 2. The van der Waals surface area contributed by atoms with Crippen molar-refractivity contribution < 1.29 is 9.18 Å². The van der Waals surface area contributed by atoms with Crippen molar-refractivity contribution in [3.05, 3.63) is 65.7 Å². The summed E-state index contributed by atoms with van der Waals surface area (Å²) in [4.78, 5) is 16.4. The minimum atomic E-state index is -0.499. The molecule has 2 aromatic carbocycles. The number of para-hydroxylation sites is 2. The molecule has 3 rings (SSSR count). The summed E-state index contributed by atoms with van der Waals surface area (Å²) in [5.41, 5.74) is 2.14. The Morgan fingerprint density at radius 3 is 2.74 bits per heavy atom. The zero-order chi connectivity index (χ0) is 16.2. The third kappa shape index (κ3) is 3.23. The molecule has 3 aromatic rings. The standard InChI is InChI=1S/C18H18FN3O/c1-13-21-16-9-4-5-10-17(16)22(13)12-6-11-20-18(23)14-7-2-3-8-15(14)19/h2-5,7-10H,6,11-12H2,1H3,(H,20,23). The summed E-state index contributed by atoms with van der Waals surface area (Å²) in [5.74, 6) is 0.0726. The van der Waals surface area contributed by atoms with Crippen LogP contribution >= 0.6 is 0 Å². The highest BCUT2D eigenvalue weighted by molar-refractivity contribution is 5.94. The number of benzene rings is 2. The number of carbonyl (C=O) groups is 1. The highest BCUT2D eigenvalue weighted by Gasteiger charge is 2.10. The molecule has 1 amide bonds. The van der Waals surface area contributed by atoms with E-state index in [0.29, 0.717) is 6.54 Å². The Balaban J connectivity index is 1.58. The van der Waals surface area contributed by atoms with Gasteiger partial charge in [-0.25, -0.2) is 9.37 Å². The molecule has 0 unspecified atom stereocenters. The lowest BCUT2D eigenvalue weighted by Crippen LogP contribution is -2.26. The van der Waals surface area contributed by atoms with Crippen molar-refractivity contribution >= 4 is 16.9 Å². The molecule has 0 spiro atoms. The first-order valence-electron chi connectivity index (χ1n) is 7.61. The lowest BCUT2D eigenvalue weighted by atomic mass is 10.2. The number of imidazole rings is 1. The second-order valence-corrected chi connectivity index (χ2v) is 5.39. The van der Waals surface area contributed by atoms with Crippen LogP contribution in [0.1, 0.15) is 22.6 Å². The summed E-state index contributed by atoms with van der Waals surface area (Å²) in [5, 5.41) is 2.76. The number of fused-ring (bicyclic) bond motifs is 1. The van der Waals surface area contributed by atoms with Gasteiger partial charge in [-0.15, -0.1) is 0 Å². The number of nitrogens with one attached hydrogen (secondary N) is 1. The molecule has 0 bridgehead atoms. The number of aryl methyl sites for hydroxylation is 2. The van der Waals surface area contributed by atoms with Crippen molar-refractivity contribution in [3.63, 3.8) is 0 Å². The van der Waals surface area contributed by atoms with Crippen molar-refractivity contribution in [1.82, 2.24) is 14.9 Å². The van der Waals surface area contributed by atoms with E-state index in [9.17, 15) is 9.18 Å². The summed E-state index contributed by atoms with van der Waals surface area (Å²) >= 11 is 0. The van der Waals surface area contributed by atoms with Gasteiger partial charge in [0.05, 0.1) is 16.6 Å². The van der Waals surface area contributed by atoms with E-state index in [-0.39, 0.29) is 11.5 Å². The molecular formula is C18H18FN3O. The minimum Gasteiger partial charge on any atom is -0.352 e. The number of rotatable bonds is 5. The maximum atomic E-state index is 13.5. The number of carbonyl (C=O) groups excluding carboxylic acids is 1. The van der Waals surface area contributed by atoms with E-state index in [0.717, 1.165) is 29.8 Å². The van der Waals surface area contributed by atoms with E-state index >= 15 is 0 Å². The smallest absolute Gasteiger partial charge is 0.254 e.